The van der Waals surface area contributed by atoms with E-state index in [1.54, 1.807) is 0 Å². The molecule has 0 aliphatic heterocycles. The molecule has 8 heteroatoms. The van der Waals surface area contributed by atoms with Crippen molar-refractivity contribution >= 4 is 11.8 Å². The zero-order valence-corrected chi connectivity index (χ0v) is 15.7. The molecule has 0 aromatic carbocycles. The Hall–Kier alpha value is -2.22. The first-order valence-electron chi connectivity index (χ1n) is 9.84. The van der Waals surface area contributed by atoms with Crippen molar-refractivity contribution in [1.82, 2.24) is 20.6 Å². The van der Waals surface area contributed by atoms with E-state index in [0.717, 1.165) is 25.7 Å². The molecule has 2 aliphatic rings. The van der Waals surface area contributed by atoms with Crippen LogP contribution < -0.4 is 16.2 Å². The summed E-state index contributed by atoms with van der Waals surface area (Å²) in [6.07, 6.45) is 8.44. The largest absolute Gasteiger partial charge is 0.376 e. The molecule has 2 aliphatic carbocycles. The molecule has 0 unspecified atom stereocenters. The number of rotatable bonds is 7. The van der Waals surface area contributed by atoms with Gasteiger partial charge in [-0.15, -0.1) is 0 Å². The average Bonchev–Trinajstić information content (AvgIpc) is 2.63. The van der Waals surface area contributed by atoms with E-state index >= 15 is 0 Å². The number of hydrogen-bond acceptors (Lipinski definition) is 5. The van der Waals surface area contributed by atoms with Crippen molar-refractivity contribution in [2.75, 3.05) is 6.61 Å². The average molecular weight is 376 g/mol. The van der Waals surface area contributed by atoms with Gasteiger partial charge in [-0.2, -0.15) is 0 Å². The fourth-order valence-electron chi connectivity index (χ4n) is 3.63. The van der Waals surface area contributed by atoms with Gasteiger partial charge in [0.25, 0.3) is 11.5 Å². The molecule has 1 aromatic rings. The lowest BCUT2D eigenvalue weighted by atomic mass is 9.82. The summed E-state index contributed by atoms with van der Waals surface area (Å²) in [5.41, 5.74) is -0.517. The van der Waals surface area contributed by atoms with Gasteiger partial charge in [-0.25, -0.2) is 4.98 Å². The monoisotopic (exact) mass is 376 g/mol. The van der Waals surface area contributed by atoms with E-state index in [1.165, 1.54) is 18.9 Å². The van der Waals surface area contributed by atoms with Crippen LogP contribution in [0, 0.1) is 5.92 Å². The summed E-state index contributed by atoms with van der Waals surface area (Å²) in [5, 5.41) is 6.00. The Labute approximate surface area is 158 Å². The number of carbonyl (C=O) groups excluding carboxylic acids is 2. The van der Waals surface area contributed by atoms with Crippen LogP contribution in [0.2, 0.25) is 0 Å². The molecule has 0 bridgehead atoms. The highest BCUT2D eigenvalue weighted by molar-refractivity contribution is 5.93. The molecule has 8 nitrogen and oxygen atoms in total. The van der Waals surface area contributed by atoms with Crippen molar-refractivity contribution in [3.63, 3.8) is 0 Å². The molecule has 1 aromatic heterocycles. The molecule has 2 amide bonds. The van der Waals surface area contributed by atoms with Crippen molar-refractivity contribution in [2.45, 2.75) is 70.1 Å². The van der Waals surface area contributed by atoms with Crippen LogP contribution in [0.5, 0.6) is 0 Å². The van der Waals surface area contributed by atoms with Crippen LogP contribution >= 0.6 is 0 Å². The van der Waals surface area contributed by atoms with Gasteiger partial charge in [0, 0.05) is 24.8 Å². The summed E-state index contributed by atoms with van der Waals surface area (Å²) < 4.78 is 5.91. The van der Waals surface area contributed by atoms with Gasteiger partial charge >= 0.3 is 0 Å². The number of aromatic amines is 1. The Kier molecular flexibility index (Phi) is 6.60. The molecular weight excluding hydrogens is 348 g/mol. The van der Waals surface area contributed by atoms with Crippen LogP contribution in [0.1, 0.15) is 62.2 Å². The van der Waals surface area contributed by atoms with E-state index in [1.807, 2.05) is 6.92 Å². The molecule has 0 radical (unpaired) electrons. The Bertz CT molecular complexity index is 716. The fraction of sp³-hybridized carbons (Fsp3) is 0.684. The number of ether oxygens (including phenoxy) is 1. The SMILES string of the molecule is CCCO[C@@H]1CC[C@H](C(=O)NC2CCC2)C[C@H]1NC(=O)c1cnc[nH]c1=O. The molecule has 3 rings (SSSR count). The third kappa shape index (κ3) is 4.94. The molecule has 2 saturated carbocycles. The van der Waals surface area contributed by atoms with Gasteiger partial charge in [-0.3, -0.25) is 14.4 Å². The topological polar surface area (TPSA) is 113 Å². The lowest BCUT2D eigenvalue weighted by Gasteiger charge is -2.37. The number of nitrogens with one attached hydrogen (secondary N) is 3. The van der Waals surface area contributed by atoms with Crippen LogP contribution in [0.15, 0.2) is 17.3 Å². The van der Waals surface area contributed by atoms with E-state index in [9.17, 15) is 14.4 Å². The summed E-state index contributed by atoms with van der Waals surface area (Å²) in [6.45, 7) is 2.63. The molecule has 3 N–H and O–H groups in total. The lowest BCUT2D eigenvalue weighted by molar-refractivity contribution is -0.128. The van der Waals surface area contributed by atoms with Gasteiger partial charge < -0.3 is 20.4 Å². The number of carbonyl (C=O) groups is 2. The second-order valence-electron chi connectivity index (χ2n) is 7.43. The van der Waals surface area contributed by atoms with E-state index in [0.29, 0.717) is 25.5 Å². The van der Waals surface area contributed by atoms with E-state index in [-0.39, 0.29) is 29.5 Å². The van der Waals surface area contributed by atoms with E-state index in [2.05, 4.69) is 20.6 Å². The van der Waals surface area contributed by atoms with Crippen LogP contribution in [0.25, 0.3) is 0 Å². The first-order valence-corrected chi connectivity index (χ1v) is 9.84. The molecule has 2 fully saturated rings. The zero-order valence-electron chi connectivity index (χ0n) is 15.7. The van der Waals surface area contributed by atoms with Gasteiger partial charge in [0.1, 0.15) is 5.56 Å². The summed E-state index contributed by atoms with van der Waals surface area (Å²) in [6, 6.07) is -0.0110. The summed E-state index contributed by atoms with van der Waals surface area (Å²) >= 11 is 0. The van der Waals surface area contributed by atoms with Crippen LogP contribution in [0.3, 0.4) is 0 Å². The van der Waals surface area contributed by atoms with Crippen LogP contribution in [-0.2, 0) is 9.53 Å². The minimum absolute atomic E-state index is 0.0345. The maximum Gasteiger partial charge on any atom is 0.263 e. The molecular formula is C19H28N4O4. The molecule has 27 heavy (non-hydrogen) atoms. The first kappa shape index (κ1) is 19.5. The van der Waals surface area contributed by atoms with Crippen molar-refractivity contribution < 1.29 is 14.3 Å². The summed E-state index contributed by atoms with van der Waals surface area (Å²) in [7, 11) is 0. The smallest absolute Gasteiger partial charge is 0.263 e. The predicted octanol–water partition coefficient (Wildman–Crippen LogP) is 1.13. The minimum atomic E-state index is -0.487. The maximum absolute atomic E-state index is 12.5. The van der Waals surface area contributed by atoms with Gasteiger partial charge in [-0.1, -0.05) is 6.92 Å². The highest BCUT2D eigenvalue weighted by Gasteiger charge is 2.36. The highest BCUT2D eigenvalue weighted by Crippen LogP contribution is 2.28. The number of H-pyrrole nitrogens is 1. The molecule has 0 saturated heterocycles. The molecule has 3 atom stereocenters. The van der Waals surface area contributed by atoms with Gasteiger partial charge in [0.15, 0.2) is 0 Å². The van der Waals surface area contributed by atoms with Gasteiger partial charge in [0.2, 0.25) is 5.91 Å². The van der Waals surface area contributed by atoms with Gasteiger partial charge in [-0.05, 0) is 44.9 Å². The third-order valence-electron chi connectivity index (χ3n) is 5.42. The van der Waals surface area contributed by atoms with Gasteiger partial charge in [0.05, 0.1) is 18.5 Å². The Morgan fingerprint density at radius 3 is 2.74 bits per heavy atom. The Morgan fingerprint density at radius 1 is 1.26 bits per heavy atom. The zero-order chi connectivity index (χ0) is 19.2. The molecule has 148 valence electrons. The maximum atomic E-state index is 12.5. The van der Waals surface area contributed by atoms with Crippen molar-refractivity contribution in [1.29, 1.82) is 0 Å². The van der Waals surface area contributed by atoms with E-state index < -0.39 is 11.5 Å². The van der Waals surface area contributed by atoms with Crippen LogP contribution in [-0.4, -0.2) is 46.6 Å². The number of aromatic nitrogens is 2. The van der Waals surface area contributed by atoms with Crippen molar-refractivity contribution in [3.05, 3.63) is 28.4 Å². The quantitative estimate of drug-likeness (QED) is 0.660. The highest BCUT2D eigenvalue weighted by atomic mass is 16.5. The fourth-order valence-corrected chi connectivity index (χ4v) is 3.63. The Morgan fingerprint density at radius 2 is 2.07 bits per heavy atom. The molecule has 1 heterocycles. The van der Waals surface area contributed by atoms with Crippen molar-refractivity contribution in [2.24, 2.45) is 5.92 Å². The normalized spacial score (nSPS) is 25.4. The standard InChI is InChI=1S/C19H28N4O4/c1-2-8-27-16-7-6-12(17(24)22-13-4-3-5-13)9-15(16)23-19(26)14-10-20-11-21-18(14)25/h10-13,15-16H,2-9H2,1H3,(H,22,24)(H,23,26)(H,20,21,25)/t12-,15+,16+/m0/s1. The lowest BCUT2D eigenvalue weighted by Crippen LogP contribution is -2.52. The van der Waals surface area contributed by atoms with E-state index in [4.69, 9.17) is 4.74 Å². The Balaban J connectivity index is 1.66. The second kappa shape index (κ2) is 9.12. The number of nitrogens with zero attached hydrogens (tertiary/aromatic N) is 1. The summed E-state index contributed by atoms with van der Waals surface area (Å²) in [5.74, 6) is -0.573. The minimum Gasteiger partial charge on any atom is -0.376 e. The molecule has 0 spiro atoms. The third-order valence-corrected chi connectivity index (χ3v) is 5.42. The number of amides is 2. The summed E-state index contributed by atoms with van der Waals surface area (Å²) in [4.78, 5) is 43.1. The number of hydrogen-bond donors (Lipinski definition) is 3. The van der Waals surface area contributed by atoms with Crippen LogP contribution in [0.4, 0.5) is 0 Å². The van der Waals surface area contributed by atoms with Crippen molar-refractivity contribution in [3.8, 4) is 0 Å². The second-order valence-corrected chi connectivity index (χ2v) is 7.43. The predicted molar refractivity (Wildman–Crippen MR) is 99.3 cm³/mol. The first-order chi connectivity index (χ1) is 13.1.